The van der Waals surface area contributed by atoms with Crippen molar-refractivity contribution in [2.45, 2.75) is 0 Å². The van der Waals surface area contributed by atoms with Crippen LogP contribution < -0.4 is 15.1 Å². The number of fused-ring (bicyclic) bond motifs is 5. The minimum Gasteiger partial charge on any atom is -0.507 e. The van der Waals surface area contributed by atoms with Crippen LogP contribution in [-0.4, -0.2) is 10.2 Å². The average molecular weight is 424 g/mol. The zero-order valence-corrected chi connectivity index (χ0v) is 17.2. The fraction of sp³-hybridized carbons (Fsp3) is 0. The van der Waals surface area contributed by atoms with E-state index < -0.39 is 7.37 Å². The van der Waals surface area contributed by atoms with Crippen molar-refractivity contribution in [3.63, 3.8) is 0 Å². The Kier molecular flexibility index (Phi) is 3.71. The Bertz CT molecular complexity index is 1570. The molecule has 6 rings (SSSR count). The molecule has 1 atom stereocenters. The first-order chi connectivity index (χ1) is 15.1. The molecule has 150 valence electrons. The second-order valence-electron chi connectivity index (χ2n) is 7.66. The molecule has 5 aromatic rings. The largest absolute Gasteiger partial charge is 0.507 e. The van der Waals surface area contributed by atoms with E-state index in [0.717, 1.165) is 21.9 Å². The Hall–Kier alpha value is -3.75. The van der Waals surface area contributed by atoms with Gasteiger partial charge in [0.25, 0.3) is 0 Å². The number of benzene rings is 5. The molecule has 0 aromatic heterocycles. The second-order valence-corrected chi connectivity index (χ2v) is 9.91. The first kappa shape index (κ1) is 18.1. The Labute approximate surface area is 178 Å². The molecule has 1 aliphatic heterocycles. The molecular weight excluding hydrogens is 407 g/mol. The van der Waals surface area contributed by atoms with E-state index in [4.69, 9.17) is 4.52 Å². The summed E-state index contributed by atoms with van der Waals surface area (Å²) in [5.74, 6) is 0.293. The summed E-state index contributed by atoms with van der Waals surface area (Å²) in [7, 11) is -3.73. The van der Waals surface area contributed by atoms with Crippen molar-refractivity contribution in [3.8, 4) is 28.4 Å². The van der Waals surface area contributed by atoms with Crippen LogP contribution in [0.3, 0.4) is 0 Å². The van der Waals surface area contributed by atoms with E-state index in [1.807, 2.05) is 60.7 Å². The zero-order valence-electron chi connectivity index (χ0n) is 16.3. The highest BCUT2D eigenvalue weighted by Crippen LogP contribution is 2.56. The van der Waals surface area contributed by atoms with Crippen molar-refractivity contribution in [1.82, 2.24) is 0 Å². The number of rotatable bonds is 1. The van der Waals surface area contributed by atoms with E-state index in [1.54, 1.807) is 24.3 Å². The highest BCUT2D eigenvalue weighted by Gasteiger charge is 2.40. The topological polar surface area (TPSA) is 66.8 Å². The molecule has 2 N–H and O–H groups in total. The third kappa shape index (κ3) is 2.52. The van der Waals surface area contributed by atoms with E-state index in [-0.39, 0.29) is 16.8 Å². The maximum atomic E-state index is 14.4. The smallest absolute Gasteiger partial charge is 0.311 e. The molecular formula is C26H17O4P. The summed E-state index contributed by atoms with van der Waals surface area (Å²) in [5, 5.41) is 25.5. The Morgan fingerprint density at radius 3 is 2.03 bits per heavy atom. The van der Waals surface area contributed by atoms with Gasteiger partial charge in [0.05, 0.1) is 10.6 Å². The fourth-order valence-electron chi connectivity index (χ4n) is 4.38. The second kappa shape index (κ2) is 6.37. The molecule has 5 heteroatoms. The van der Waals surface area contributed by atoms with Gasteiger partial charge in [0.2, 0.25) is 0 Å². The monoisotopic (exact) mass is 424 g/mol. The number of hydrogen-bond donors (Lipinski definition) is 2. The SMILES string of the molecule is O=P1(c2cc(O)c3cc4ccccc4cc3c2O)Oc2ccccc2-c2ccccc21. The summed E-state index contributed by atoms with van der Waals surface area (Å²) in [5.41, 5.74) is 1.64. The highest BCUT2D eigenvalue weighted by molar-refractivity contribution is 7.75. The van der Waals surface area contributed by atoms with Crippen molar-refractivity contribution < 1.29 is 19.3 Å². The lowest BCUT2D eigenvalue weighted by atomic mass is 10.0. The molecule has 1 unspecified atom stereocenters. The molecule has 0 radical (unpaired) electrons. The van der Waals surface area contributed by atoms with Gasteiger partial charge in [0, 0.05) is 16.3 Å². The van der Waals surface area contributed by atoms with Crippen LogP contribution in [0, 0.1) is 0 Å². The third-order valence-electron chi connectivity index (χ3n) is 5.88. The number of aromatic hydroxyl groups is 2. The lowest BCUT2D eigenvalue weighted by molar-refractivity contribution is 0.467. The summed E-state index contributed by atoms with van der Waals surface area (Å²) in [6.07, 6.45) is 0. The Balaban J connectivity index is 1.68. The molecule has 0 spiro atoms. The molecule has 0 aliphatic carbocycles. The van der Waals surface area contributed by atoms with Crippen LogP contribution in [0.5, 0.6) is 17.2 Å². The molecule has 0 amide bonds. The lowest BCUT2D eigenvalue weighted by Crippen LogP contribution is -2.25. The standard InChI is InChI=1S/C26H17O4P/c27-22-15-25(26(28)21-14-17-8-2-1-7-16(17)13-20(21)22)31(29)24-12-6-4-10-19(24)18-9-3-5-11-23(18)30-31/h1-15,27-28H. The molecule has 0 saturated carbocycles. The van der Waals surface area contributed by atoms with Gasteiger partial charge in [-0.25, -0.2) is 0 Å². The first-order valence-electron chi connectivity index (χ1n) is 9.93. The molecule has 1 heterocycles. The zero-order chi connectivity index (χ0) is 21.2. The summed E-state index contributed by atoms with van der Waals surface area (Å²) in [6, 6.07) is 27.5. The van der Waals surface area contributed by atoms with Crippen molar-refractivity contribution in [2.75, 3.05) is 0 Å². The van der Waals surface area contributed by atoms with Crippen molar-refractivity contribution >= 4 is 39.5 Å². The number of phenols is 2. The van der Waals surface area contributed by atoms with Crippen LogP contribution >= 0.6 is 7.37 Å². The predicted molar refractivity (Wildman–Crippen MR) is 124 cm³/mol. The van der Waals surface area contributed by atoms with Gasteiger partial charge in [0.1, 0.15) is 17.2 Å². The van der Waals surface area contributed by atoms with Crippen LogP contribution in [0.25, 0.3) is 32.7 Å². The van der Waals surface area contributed by atoms with E-state index in [9.17, 15) is 14.8 Å². The van der Waals surface area contributed by atoms with E-state index in [2.05, 4.69) is 0 Å². The van der Waals surface area contributed by atoms with Gasteiger partial charge >= 0.3 is 7.37 Å². The predicted octanol–water partition coefficient (Wildman–Crippen LogP) is 5.69. The molecule has 5 aromatic carbocycles. The van der Waals surface area contributed by atoms with Crippen molar-refractivity contribution in [3.05, 3.63) is 91.0 Å². The minimum atomic E-state index is -3.73. The Morgan fingerprint density at radius 2 is 1.26 bits per heavy atom. The Morgan fingerprint density at radius 1 is 0.645 bits per heavy atom. The van der Waals surface area contributed by atoms with Crippen LogP contribution in [-0.2, 0) is 4.57 Å². The fourth-order valence-corrected chi connectivity index (χ4v) is 6.76. The van der Waals surface area contributed by atoms with Gasteiger partial charge in [-0.05, 0) is 46.7 Å². The van der Waals surface area contributed by atoms with Gasteiger partial charge < -0.3 is 14.7 Å². The van der Waals surface area contributed by atoms with Crippen LogP contribution in [0.15, 0.2) is 91.0 Å². The van der Waals surface area contributed by atoms with E-state index in [1.165, 1.54) is 6.07 Å². The summed E-state index contributed by atoms with van der Waals surface area (Å²) in [4.78, 5) is 0. The minimum absolute atomic E-state index is 0.0521. The molecule has 0 fully saturated rings. The van der Waals surface area contributed by atoms with Crippen LogP contribution in [0.2, 0.25) is 0 Å². The summed E-state index contributed by atoms with van der Waals surface area (Å²) >= 11 is 0. The molecule has 4 nitrogen and oxygen atoms in total. The normalized spacial score (nSPS) is 17.2. The quantitative estimate of drug-likeness (QED) is 0.206. The number of para-hydroxylation sites is 1. The number of hydrogen-bond acceptors (Lipinski definition) is 4. The van der Waals surface area contributed by atoms with E-state index >= 15 is 0 Å². The maximum Gasteiger partial charge on any atom is 0.311 e. The summed E-state index contributed by atoms with van der Waals surface area (Å²) in [6.45, 7) is 0. The van der Waals surface area contributed by atoms with Crippen LogP contribution in [0.1, 0.15) is 0 Å². The first-order valence-corrected chi connectivity index (χ1v) is 11.6. The maximum absolute atomic E-state index is 14.4. The van der Waals surface area contributed by atoms with E-state index in [0.29, 0.717) is 21.8 Å². The van der Waals surface area contributed by atoms with Gasteiger partial charge in [-0.1, -0.05) is 60.7 Å². The van der Waals surface area contributed by atoms with Crippen LogP contribution in [0.4, 0.5) is 0 Å². The molecule has 1 aliphatic rings. The van der Waals surface area contributed by atoms with Crippen molar-refractivity contribution in [2.24, 2.45) is 0 Å². The average Bonchev–Trinajstić information content (AvgIpc) is 2.80. The molecule has 0 bridgehead atoms. The summed E-state index contributed by atoms with van der Waals surface area (Å²) < 4.78 is 20.5. The van der Waals surface area contributed by atoms with Gasteiger partial charge in [-0.3, -0.25) is 4.57 Å². The molecule has 31 heavy (non-hydrogen) atoms. The van der Waals surface area contributed by atoms with Gasteiger partial charge in [-0.2, -0.15) is 0 Å². The van der Waals surface area contributed by atoms with Gasteiger partial charge in [-0.15, -0.1) is 0 Å². The lowest BCUT2D eigenvalue weighted by Gasteiger charge is -2.29. The third-order valence-corrected chi connectivity index (χ3v) is 8.33. The highest BCUT2D eigenvalue weighted by atomic mass is 31.2. The molecule has 0 saturated heterocycles. The van der Waals surface area contributed by atoms with Crippen molar-refractivity contribution in [1.29, 1.82) is 0 Å². The van der Waals surface area contributed by atoms with Gasteiger partial charge in [0.15, 0.2) is 0 Å². The number of phenolic OH excluding ortho intramolecular Hbond substituents is 2.